The van der Waals surface area contributed by atoms with Crippen LogP contribution in [0.2, 0.25) is 0 Å². The van der Waals surface area contributed by atoms with E-state index in [0.717, 1.165) is 30.6 Å². The number of rotatable bonds is 6. The predicted molar refractivity (Wildman–Crippen MR) is 71.8 cm³/mol. The van der Waals surface area contributed by atoms with E-state index in [-0.39, 0.29) is 12.6 Å². The molecular formula is C12H18N2O2S2. The molecule has 1 heterocycles. The topological polar surface area (TPSA) is 72.2 Å². The van der Waals surface area contributed by atoms with Crippen LogP contribution in [0.1, 0.15) is 30.6 Å². The van der Waals surface area contributed by atoms with Crippen molar-refractivity contribution in [1.29, 1.82) is 0 Å². The fourth-order valence-corrected chi connectivity index (χ4v) is 5.16. The van der Waals surface area contributed by atoms with Gasteiger partial charge in [-0.1, -0.05) is 0 Å². The zero-order valence-corrected chi connectivity index (χ0v) is 11.8. The van der Waals surface area contributed by atoms with E-state index in [2.05, 4.69) is 4.72 Å². The summed E-state index contributed by atoms with van der Waals surface area (Å²) in [7, 11) is -3.39. The number of hydrogen-bond acceptors (Lipinski definition) is 4. The maximum atomic E-state index is 12.4. The van der Waals surface area contributed by atoms with Crippen molar-refractivity contribution in [2.24, 2.45) is 17.6 Å². The molecule has 2 aliphatic rings. The van der Waals surface area contributed by atoms with Gasteiger partial charge < -0.3 is 5.73 Å². The largest absolute Gasteiger partial charge is 0.326 e. The van der Waals surface area contributed by atoms with Gasteiger partial charge in [-0.25, -0.2) is 13.1 Å². The first-order valence-corrected chi connectivity index (χ1v) is 8.77. The van der Waals surface area contributed by atoms with Crippen LogP contribution in [0.4, 0.5) is 0 Å². The first-order valence-electron chi connectivity index (χ1n) is 6.40. The zero-order chi connectivity index (χ0) is 12.8. The lowest BCUT2D eigenvalue weighted by atomic mass is 10.1. The number of thiophene rings is 1. The Morgan fingerprint density at radius 1 is 1.33 bits per heavy atom. The van der Waals surface area contributed by atoms with Gasteiger partial charge in [-0.05, 0) is 49.0 Å². The lowest BCUT2D eigenvalue weighted by molar-refractivity contribution is 0.471. The molecule has 3 N–H and O–H groups in total. The summed E-state index contributed by atoms with van der Waals surface area (Å²) in [6, 6.07) is 1.81. The lowest BCUT2D eigenvalue weighted by Gasteiger charge is -2.17. The summed E-state index contributed by atoms with van der Waals surface area (Å²) >= 11 is 1.41. The van der Waals surface area contributed by atoms with Gasteiger partial charge >= 0.3 is 0 Å². The fraction of sp³-hybridized carbons (Fsp3) is 0.667. The first kappa shape index (κ1) is 12.6. The summed E-state index contributed by atoms with van der Waals surface area (Å²) < 4.78 is 27.7. The van der Waals surface area contributed by atoms with Gasteiger partial charge in [0.25, 0.3) is 0 Å². The van der Waals surface area contributed by atoms with Crippen molar-refractivity contribution in [3.05, 3.63) is 16.3 Å². The van der Waals surface area contributed by atoms with E-state index in [0.29, 0.717) is 16.7 Å². The predicted octanol–water partition coefficient (Wildman–Crippen LogP) is 1.67. The molecule has 0 aliphatic heterocycles. The molecule has 2 fully saturated rings. The van der Waals surface area contributed by atoms with E-state index < -0.39 is 10.0 Å². The molecule has 2 saturated carbocycles. The van der Waals surface area contributed by atoms with Crippen LogP contribution < -0.4 is 10.5 Å². The van der Waals surface area contributed by atoms with Crippen molar-refractivity contribution in [1.82, 2.24) is 4.72 Å². The molecular weight excluding hydrogens is 268 g/mol. The molecule has 0 atom stereocenters. The Labute approximate surface area is 112 Å². The maximum absolute atomic E-state index is 12.4. The lowest BCUT2D eigenvalue weighted by Crippen LogP contribution is -2.38. The molecule has 0 radical (unpaired) electrons. The van der Waals surface area contributed by atoms with E-state index >= 15 is 0 Å². The van der Waals surface area contributed by atoms with E-state index in [4.69, 9.17) is 5.73 Å². The van der Waals surface area contributed by atoms with E-state index in [1.165, 1.54) is 11.3 Å². The minimum atomic E-state index is -3.39. The van der Waals surface area contributed by atoms with Crippen LogP contribution in [0, 0.1) is 11.8 Å². The van der Waals surface area contributed by atoms with Crippen LogP contribution in [0.3, 0.4) is 0 Å². The molecule has 0 amide bonds. The average molecular weight is 286 g/mol. The highest BCUT2D eigenvalue weighted by Gasteiger charge is 2.43. The van der Waals surface area contributed by atoms with Gasteiger partial charge in [-0.15, -0.1) is 11.3 Å². The molecule has 0 aromatic carbocycles. The molecule has 1 aromatic heterocycles. The van der Waals surface area contributed by atoms with Crippen LogP contribution in [0.5, 0.6) is 0 Å². The molecule has 6 heteroatoms. The highest BCUT2D eigenvalue weighted by molar-refractivity contribution is 7.89. The van der Waals surface area contributed by atoms with Gasteiger partial charge in [0.15, 0.2) is 0 Å². The minimum absolute atomic E-state index is 0.153. The Hall–Kier alpha value is -0.430. The summed E-state index contributed by atoms with van der Waals surface area (Å²) in [5.74, 6) is 1.12. The molecule has 0 saturated heterocycles. The van der Waals surface area contributed by atoms with Crippen molar-refractivity contribution in [2.75, 3.05) is 0 Å². The molecule has 18 heavy (non-hydrogen) atoms. The Balaban J connectivity index is 1.81. The van der Waals surface area contributed by atoms with Crippen LogP contribution in [0.15, 0.2) is 16.3 Å². The number of nitrogens with two attached hydrogens (primary N) is 1. The third-order valence-corrected chi connectivity index (χ3v) is 6.35. The molecule has 1 aromatic rings. The summed E-state index contributed by atoms with van der Waals surface area (Å²) in [4.78, 5) is 1.12. The quantitative estimate of drug-likeness (QED) is 0.835. The molecule has 0 bridgehead atoms. The standard InChI is InChI=1S/C12H18N2O2S2/c13-7-10-11(5-6-17-10)18(15,16)14-12(8-1-2-8)9-3-4-9/h5-6,8-9,12,14H,1-4,7,13H2. The Morgan fingerprint density at radius 2 is 1.94 bits per heavy atom. The monoisotopic (exact) mass is 286 g/mol. The number of sulfonamides is 1. The Morgan fingerprint density at radius 3 is 2.44 bits per heavy atom. The van der Waals surface area contributed by atoms with Crippen molar-refractivity contribution in [3.63, 3.8) is 0 Å². The van der Waals surface area contributed by atoms with Gasteiger partial charge in [0.05, 0.1) is 4.90 Å². The summed E-state index contributed by atoms with van der Waals surface area (Å²) in [5, 5.41) is 1.79. The van der Waals surface area contributed by atoms with Crippen molar-refractivity contribution >= 4 is 21.4 Å². The van der Waals surface area contributed by atoms with Crippen molar-refractivity contribution < 1.29 is 8.42 Å². The Kier molecular flexibility index (Phi) is 3.21. The number of nitrogens with one attached hydrogen (secondary N) is 1. The van der Waals surface area contributed by atoms with Crippen molar-refractivity contribution in [2.45, 2.75) is 43.2 Å². The molecule has 0 unspecified atom stereocenters. The second kappa shape index (κ2) is 4.59. The zero-order valence-electron chi connectivity index (χ0n) is 10.1. The SMILES string of the molecule is NCc1sccc1S(=O)(=O)NC(C1CC1)C1CC1. The third kappa shape index (κ3) is 2.47. The van der Waals surface area contributed by atoms with Gasteiger partial charge in [-0.3, -0.25) is 0 Å². The van der Waals surface area contributed by atoms with Crippen LogP contribution in [-0.2, 0) is 16.6 Å². The number of hydrogen-bond donors (Lipinski definition) is 2. The molecule has 100 valence electrons. The normalized spacial score (nSPS) is 20.6. The molecule has 2 aliphatic carbocycles. The van der Waals surface area contributed by atoms with Gasteiger partial charge in [0, 0.05) is 17.5 Å². The maximum Gasteiger partial charge on any atom is 0.241 e. The van der Waals surface area contributed by atoms with E-state index in [1.807, 2.05) is 0 Å². The molecule has 3 rings (SSSR count). The smallest absolute Gasteiger partial charge is 0.241 e. The van der Waals surface area contributed by atoms with Crippen LogP contribution in [-0.4, -0.2) is 14.5 Å². The highest BCUT2D eigenvalue weighted by atomic mass is 32.2. The first-order chi connectivity index (χ1) is 8.62. The fourth-order valence-electron chi connectivity index (χ4n) is 2.45. The summed E-state index contributed by atoms with van der Waals surface area (Å²) in [5.41, 5.74) is 5.59. The van der Waals surface area contributed by atoms with Crippen LogP contribution >= 0.6 is 11.3 Å². The van der Waals surface area contributed by atoms with Crippen LogP contribution in [0.25, 0.3) is 0 Å². The van der Waals surface area contributed by atoms with Gasteiger partial charge in [-0.2, -0.15) is 0 Å². The minimum Gasteiger partial charge on any atom is -0.326 e. The molecule has 0 spiro atoms. The third-order valence-electron chi connectivity index (χ3n) is 3.73. The highest BCUT2D eigenvalue weighted by Crippen LogP contribution is 2.45. The van der Waals surface area contributed by atoms with Gasteiger partial charge in [0.1, 0.15) is 0 Å². The van der Waals surface area contributed by atoms with Gasteiger partial charge in [0.2, 0.25) is 10.0 Å². The molecule has 4 nitrogen and oxygen atoms in total. The summed E-state index contributed by atoms with van der Waals surface area (Å²) in [6.07, 6.45) is 4.66. The Bertz CT molecular complexity index is 518. The van der Waals surface area contributed by atoms with E-state index in [1.54, 1.807) is 11.4 Å². The van der Waals surface area contributed by atoms with Crippen molar-refractivity contribution in [3.8, 4) is 0 Å². The second-order valence-corrected chi connectivity index (χ2v) is 7.92. The second-order valence-electron chi connectivity index (χ2n) is 5.23. The average Bonchev–Trinajstić information content (AvgIpc) is 3.24. The van der Waals surface area contributed by atoms with E-state index in [9.17, 15) is 8.42 Å². The summed E-state index contributed by atoms with van der Waals surface area (Å²) in [6.45, 7) is 0.283.